The number of benzene rings is 1. The molecule has 0 spiro atoms. The van der Waals surface area contributed by atoms with Crippen LogP contribution in [0.15, 0.2) is 18.2 Å². The van der Waals surface area contributed by atoms with Gasteiger partial charge in [0.05, 0.1) is 6.10 Å². The highest BCUT2D eigenvalue weighted by Crippen LogP contribution is 2.33. The van der Waals surface area contributed by atoms with Crippen molar-refractivity contribution in [1.82, 2.24) is 4.90 Å². The number of aliphatic hydroxyl groups excluding tert-OH is 1. The van der Waals surface area contributed by atoms with E-state index in [4.69, 9.17) is 9.47 Å². The first-order valence-corrected chi connectivity index (χ1v) is 6.11. The van der Waals surface area contributed by atoms with Gasteiger partial charge in [-0.15, -0.1) is 0 Å². The lowest BCUT2D eigenvalue weighted by atomic mass is 10.1. The van der Waals surface area contributed by atoms with Crippen molar-refractivity contribution in [3.8, 4) is 11.5 Å². The summed E-state index contributed by atoms with van der Waals surface area (Å²) >= 11 is 0. The third kappa shape index (κ3) is 2.01. The predicted octanol–water partition coefficient (Wildman–Crippen LogP) is 1.01. The van der Waals surface area contributed by atoms with Gasteiger partial charge in [-0.1, -0.05) is 0 Å². The fourth-order valence-electron chi connectivity index (χ4n) is 2.35. The van der Waals surface area contributed by atoms with Crippen LogP contribution in [-0.4, -0.2) is 41.9 Å². The second-order valence-electron chi connectivity index (χ2n) is 4.62. The minimum Gasteiger partial charge on any atom is -0.454 e. The molecule has 1 atom stereocenters. The van der Waals surface area contributed by atoms with E-state index in [1.807, 2.05) is 0 Å². The topological polar surface area (TPSA) is 59.0 Å². The van der Waals surface area contributed by atoms with Gasteiger partial charge in [0.15, 0.2) is 11.5 Å². The average molecular weight is 249 g/mol. The molecule has 0 aromatic heterocycles. The minimum absolute atomic E-state index is 0.0629. The molecule has 1 fully saturated rings. The Kier molecular flexibility index (Phi) is 2.83. The standard InChI is InChI=1S/C13H15NO4/c15-10-2-1-5-14(7-10)13(16)9-3-4-11-12(6-9)18-8-17-11/h3-4,6,10,15H,1-2,5,7-8H2. The molecule has 0 bridgehead atoms. The van der Waals surface area contributed by atoms with Gasteiger partial charge in [0.2, 0.25) is 6.79 Å². The molecule has 1 N–H and O–H groups in total. The number of nitrogens with zero attached hydrogens (tertiary/aromatic N) is 1. The lowest BCUT2D eigenvalue weighted by Gasteiger charge is -2.30. The zero-order valence-electron chi connectivity index (χ0n) is 9.96. The smallest absolute Gasteiger partial charge is 0.254 e. The van der Waals surface area contributed by atoms with Gasteiger partial charge in [-0.3, -0.25) is 4.79 Å². The number of rotatable bonds is 1. The molecule has 3 rings (SSSR count). The number of ether oxygens (including phenoxy) is 2. The molecule has 5 nitrogen and oxygen atoms in total. The van der Waals surface area contributed by atoms with Crippen LogP contribution in [0.3, 0.4) is 0 Å². The highest BCUT2D eigenvalue weighted by molar-refractivity contribution is 5.95. The van der Waals surface area contributed by atoms with E-state index in [9.17, 15) is 9.90 Å². The first kappa shape index (κ1) is 11.3. The summed E-state index contributed by atoms with van der Waals surface area (Å²) in [5.41, 5.74) is 0.577. The van der Waals surface area contributed by atoms with Gasteiger partial charge >= 0.3 is 0 Å². The maximum atomic E-state index is 12.3. The van der Waals surface area contributed by atoms with Crippen LogP contribution in [0.1, 0.15) is 23.2 Å². The van der Waals surface area contributed by atoms with Crippen LogP contribution in [0.2, 0.25) is 0 Å². The SMILES string of the molecule is O=C(c1ccc2c(c1)OCO2)N1CCCC(O)C1. The van der Waals surface area contributed by atoms with Crippen LogP contribution in [0.4, 0.5) is 0 Å². The molecule has 0 radical (unpaired) electrons. The summed E-state index contributed by atoms with van der Waals surface area (Å²) in [5, 5.41) is 9.59. The van der Waals surface area contributed by atoms with Crippen LogP contribution in [0.5, 0.6) is 11.5 Å². The van der Waals surface area contributed by atoms with Crippen molar-refractivity contribution in [3.05, 3.63) is 23.8 Å². The highest BCUT2D eigenvalue weighted by atomic mass is 16.7. The van der Waals surface area contributed by atoms with Gasteiger partial charge in [-0.2, -0.15) is 0 Å². The first-order chi connectivity index (χ1) is 8.74. The van der Waals surface area contributed by atoms with Gasteiger partial charge < -0.3 is 19.5 Å². The number of hydrogen-bond acceptors (Lipinski definition) is 4. The van der Waals surface area contributed by atoms with Crippen LogP contribution in [-0.2, 0) is 0 Å². The summed E-state index contributed by atoms with van der Waals surface area (Å²) < 4.78 is 10.5. The number of aliphatic hydroxyl groups is 1. The monoisotopic (exact) mass is 249 g/mol. The third-order valence-electron chi connectivity index (χ3n) is 3.30. The van der Waals surface area contributed by atoms with E-state index in [1.54, 1.807) is 23.1 Å². The molecule has 1 aromatic carbocycles. The third-order valence-corrected chi connectivity index (χ3v) is 3.30. The Morgan fingerprint density at radius 1 is 1.33 bits per heavy atom. The molecule has 2 aliphatic heterocycles. The number of likely N-dealkylation sites (tertiary alicyclic amines) is 1. The second-order valence-corrected chi connectivity index (χ2v) is 4.62. The van der Waals surface area contributed by atoms with Gasteiger partial charge in [-0.25, -0.2) is 0 Å². The van der Waals surface area contributed by atoms with Crippen molar-refractivity contribution in [2.75, 3.05) is 19.9 Å². The molecule has 1 aromatic rings. The van der Waals surface area contributed by atoms with E-state index in [0.717, 1.165) is 12.8 Å². The van der Waals surface area contributed by atoms with Gasteiger partial charge in [0.1, 0.15) is 0 Å². The summed E-state index contributed by atoms with van der Waals surface area (Å²) in [4.78, 5) is 13.9. The van der Waals surface area contributed by atoms with E-state index in [-0.39, 0.29) is 12.7 Å². The Morgan fingerprint density at radius 2 is 2.17 bits per heavy atom. The van der Waals surface area contributed by atoms with E-state index < -0.39 is 6.10 Å². The maximum absolute atomic E-state index is 12.3. The number of β-amino-alcohol motifs (C(OH)–C–C–N with tert-alkyl or cyclic N) is 1. The summed E-state index contributed by atoms with van der Waals surface area (Å²) in [6.45, 7) is 1.31. The Hall–Kier alpha value is -1.75. The number of hydrogen-bond donors (Lipinski definition) is 1. The minimum atomic E-state index is -0.406. The van der Waals surface area contributed by atoms with Crippen LogP contribution >= 0.6 is 0 Å². The fraction of sp³-hybridized carbons (Fsp3) is 0.462. The first-order valence-electron chi connectivity index (χ1n) is 6.11. The molecule has 1 saturated heterocycles. The van der Waals surface area contributed by atoms with Gasteiger partial charge in [-0.05, 0) is 31.0 Å². The summed E-state index contributed by atoms with van der Waals surface area (Å²) in [6.07, 6.45) is 1.21. The number of carbonyl (C=O) groups excluding carboxylic acids is 1. The summed E-state index contributed by atoms with van der Waals surface area (Å²) in [7, 11) is 0. The Morgan fingerprint density at radius 3 is 3.00 bits per heavy atom. The summed E-state index contributed by atoms with van der Waals surface area (Å²) in [6, 6.07) is 5.18. The molecule has 0 aliphatic carbocycles. The van der Waals surface area contributed by atoms with Crippen molar-refractivity contribution in [2.24, 2.45) is 0 Å². The molecule has 0 saturated carbocycles. The van der Waals surface area contributed by atoms with Crippen molar-refractivity contribution in [1.29, 1.82) is 0 Å². The van der Waals surface area contributed by atoms with Crippen molar-refractivity contribution < 1.29 is 19.4 Å². The van der Waals surface area contributed by atoms with Gasteiger partial charge in [0.25, 0.3) is 5.91 Å². The normalized spacial score (nSPS) is 22.1. The number of amides is 1. The van der Waals surface area contributed by atoms with Crippen molar-refractivity contribution in [2.45, 2.75) is 18.9 Å². The van der Waals surface area contributed by atoms with Crippen LogP contribution < -0.4 is 9.47 Å². The van der Waals surface area contributed by atoms with Crippen molar-refractivity contribution >= 4 is 5.91 Å². The highest BCUT2D eigenvalue weighted by Gasteiger charge is 2.24. The Balaban J connectivity index is 1.79. The Bertz CT molecular complexity index is 474. The van der Waals surface area contributed by atoms with E-state index in [0.29, 0.717) is 30.2 Å². The lowest BCUT2D eigenvalue weighted by molar-refractivity contribution is 0.0473. The Labute approximate surface area is 105 Å². The zero-order chi connectivity index (χ0) is 12.5. The maximum Gasteiger partial charge on any atom is 0.254 e. The molecular formula is C13H15NO4. The molecule has 96 valence electrons. The molecule has 1 amide bonds. The molecule has 2 aliphatic rings. The second kappa shape index (κ2) is 4.49. The van der Waals surface area contributed by atoms with Crippen molar-refractivity contribution in [3.63, 3.8) is 0 Å². The summed E-state index contributed by atoms with van der Waals surface area (Å²) in [5.74, 6) is 1.22. The largest absolute Gasteiger partial charge is 0.454 e. The number of carbonyl (C=O) groups is 1. The van der Waals surface area contributed by atoms with E-state index in [2.05, 4.69) is 0 Å². The number of piperidine rings is 1. The molecule has 18 heavy (non-hydrogen) atoms. The molecule has 5 heteroatoms. The van der Waals surface area contributed by atoms with E-state index >= 15 is 0 Å². The quantitative estimate of drug-likeness (QED) is 0.807. The lowest BCUT2D eigenvalue weighted by Crippen LogP contribution is -2.42. The molecule has 2 heterocycles. The van der Waals surface area contributed by atoms with Crippen LogP contribution in [0.25, 0.3) is 0 Å². The average Bonchev–Trinajstić information content (AvgIpc) is 2.85. The van der Waals surface area contributed by atoms with Crippen LogP contribution in [0, 0.1) is 0 Å². The predicted molar refractivity (Wildman–Crippen MR) is 63.7 cm³/mol. The number of fused-ring (bicyclic) bond motifs is 1. The molecular weight excluding hydrogens is 234 g/mol. The fourth-order valence-corrected chi connectivity index (χ4v) is 2.35. The zero-order valence-corrected chi connectivity index (χ0v) is 9.96. The van der Waals surface area contributed by atoms with E-state index in [1.165, 1.54) is 0 Å². The van der Waals surface area contributed by atoms with Gasteiger partial charge in [0, 0.05) is 18.7 Å². The molecule has 1 unspecified atom stereocenters.